The standard InChI is InChI=1S/C9H8BrFO/c1-6-2-7(9(12)5-10)4-8(11)3-6/h2-4H,5H2,1H3. The van der Waals surface area contributed by atoms with E-state index in [0.29, 0.717) is 5.56 Å². The molecule has 0 unspecified atom stereocenters. The number of Topliss-reactive ketones (excluding diaryl/α,β-unsaturated/α-hetero) is 1. The first-order chi connectivity index (χ1) is 5.63. The van der Waals surface area contributed by atoms with Crippen molar-refractivity contribution in [2.24, 2.45) is 0 Å². The van der Waals surface area contributed by atoms with Crippen molar-refractivity contribution < 1.29 is 9.18 Å². The van der Waals surface area contributed by atoms with Gasteiger partial charge in [0, 0.05) is 5.56 Å². The Hall–Kier alpha value is -0.700. The van der Waals surface area contributed by atoms with Crippen molar-refractivity contribution >= 4 is 21.7 Å². The maximum atomic E-state index is 12.8. The van der Waals surface area contributed by atoms with Gasteiger partial charge in [-0.3, -0.25) is 4.79 Å². The van der Waals surface area contributed by atoms with Gasteiger partial charge in [0.15, 0.2) is 5.78 Å². The molecule has 0 amide bonds. The van der Waals surface area contributed by atoms with E-state index in [4.69, 9.17) is 0 Å². The fraction of sp³-hybridized carbons (Fsp3) is 0.222. The molecule has 0 aliphatic rings. The Labute approximate surface area is 78.7 Å². The second-order valence-electron chi connectivity index (χ2n) is 2.57. The third-order valence-electron chi connectivity index (χ3n) is 1.49. The Morgan fingerprint density at radius 2 is 2.17 bits per heavy atom. The minimum Gasteiger partial charge on any atom is -0.293 e. The second-order valence-corrected chi connectivity index (χ2v) is 3.13. The molecule has 0 atom stereocenters. The molecular weight excluding hydrogens is 223 g/mol. The van der Waals surface area contributed by atoms with Gasteiger partial charge < -0.3 is 0 Å². The molecule has 0 fully saturated rings. The quantitative estimate of drug-likeness (QED) is 0.564. The Morgan fingerprint density at radius 1 is 1.50 bits per heavy atom. The van der Waals surface area contributed by atoms with E-state index >= 15 is 0 Å². The topological polar surface area (TPSA) is 17.1 Å². The molecule has 0 aliphatic heterocycles. The van der Waals surface area contributed by atoms with Crippen molar-refractivity contribution in [3.63, 3.8) is 0 Å². The highest BCUT2D eigenvalue weighted by molar-refractivity contribution is 9.09. The van der Waals surface area contributed by atoms with Crippen LogP contribution in [0.4, 0.5) is 4.39 Å². The maximum Gasteiger partial charge on any atom is 0.173 e. The number of ketones is 1. The molecule has 0 saturated carbocycles. The Balaban J connectivity index is 3.08. The van der Waals surface area contributed by atoms with Crippen LogP contribution in [0, 0.1) is 12.7 Å². The van der Waals surface area contributed by atoms with Crippen LogP contribution in [-0.2, 0) is 0 Å². The molecule has 0 bridgehead atoms. The largest absolute Gasteiger partial charge is 0.293 e. The van der Waals surface area contributed by atoms with Crippen LogP contribution in [0.5, 0.6) is 0 Å². The van der Waals surface area contributed by atoms with Gasteiger partial charge in [-0.2, -0.15) is 0 Å². The third kappa shape index (κ3) is 2.14. The van der Waals surface area contributed by atoms with Crippen molar-refractivity contribution in [3.8, 4) is 0 Å². The number of aryl methyl sites for hydroxylation is 1. The normalized spacial score (nSPS) is 9.92. The number of carbonyl (C=O) groups excluding carboxylic acids is 1. The van der Waals surface area contributed by atoms with E-state index in [1.807, 2.05) is 0 Å². The van der Waals surface area contributed by atoms with Crippen molar-refractivity contribution in [1.82, 2.24) is 0 Å². The fourth-order valence-corrected chi connectivity index (χ4v) is 1.30. The predicted molar refractivity (Wildman–Crippen MR) is 49.3 cm³/mol. The molecule has 0 aromatic heterocycles. The number of hydrogen-bond acceptors (Lipinski definition) is 1. The van der Waals surface area contributed by atoms with Gasteiger partial charge in [-0.05, 0) is 30.7 Å². The van der Waals surface area contributed by atoms with Crippen molar-refractivity contribution in [2.45, 2.75) is 6.92 Å². The van der Waals surface area contributed by atoms with E-state index < -0.39 is 0 Å². The average Bonchev–Trinajstić information content (AvgIpc) is 2.01. The summed E-state index contributed by atoms with van der Waals surface area (Å²) in [6.45, 7) is 1.76. The van der Waals surface area contributed by atoms with Gasteiger partial charge in [0.05, 0.1) is 5.33 Å². The summed E-state index contributed by atoms with van der Waals surface area (Å²) in [5.74, 6) is -0.461. The highest BCUT2D eigenvalue weighted by atomic mass is 79.9. The molecular formula is C9H8BrFO. The molecule has 1 aromatic carbocycles. The Kier molecular flexibility index (Phi) is 2.98. The lowest BCUT2D eigenvalue weighted by Crippen LogP contribution is -2.00. The van der Waals surface area contributed by atoms with E-state index in [1.165, 1.54) is 12.1 Å². The first-order valence-corrected chi connectivity index (χ1v) is 4.62. The zero-order valence-corrected chi connectivity index (χ0v) is 8.19. The lowest BCUT2D eigenvalue weighted by atomic mass is 10.1. The van der Waals surface area contributed by atoms with Crippen LogP contribution in [0.15, 0.2) is 18.2 Å². The van der Waals surface area contributed by atoms with E-state index in [-0.39, 0.29) is 16.9 Å². The summed E-state index contributed by atoms with van der Waals surface area (Å²) in [5, 5.41) is 0.232. The third-order valence-corrected chi connectivity index (χ3v) is 1.99. The molecule has 1 aromatic rings. The van der Waals surface area contributed by atoms with Gasteiger partial charge in [-0.15, -0.1) is 0 Å². The van der Waals surface area contributed by atoms with Crippen LogP contribution in [0.2, 0.25) is 0 Å². The predicted octanol–water partition coefficient (Wildman–Crippen LogP) is 2.71. The van der Waals surface area contributed by atoms with E-state index in [2.05, 4.69) is 15.9 Å². The number of hydrogen-bond donors (Lipinski definition) is 0. The van der Waals surface area contributed by atoms with Crippen molar-refractivity contribution in [2.75, 3.05) is 5.33 Å². The average molecular weight is 231 g/mol. The Morgan fingerprint density at radius 3 is 2.67 bits per heavy atom. The van der Waals surface area contributed by atoms with E-state index in [1.54, 1.807) is 13.0 Å². The number of rotatable bonds is 2. The van der Waals surface area contributed by atoms with Gasteiger partial charge in [0.25, 0.3) is 0 Å². The molecule has 0 radical (unpaired) electrons. The summed E-state index contributed by atoms with van der Waals surface area (Å²) in [6.07, 6.45) is 0. The zero-order chi connectivity index (χ0) is 9.14. The molecule has 0 saturated heterocycles. The lowest BCUT2D eigenvalue weighted by Gasteiger charge is -1.99. The van der Waals surface area contributed by atoms with Crippen LogP contribution < -0.4 is 0 Å². The van der Waals surface area contributed by atoms with Gasteiger partial charge in [0.1, 0.15) is 5.82 Å². The molecule has 0 N–H and O–H groups in total. The van der Waals surface area contributed by atoms with Crippen LogP contribution in [-0.4, -0.2) is 11.1 Å². The summed E-state index contributed by atoms with van der Waals surface area (Å²) in [4.78, 5) is 11.1. The van der Waals surface area contributed by atoms with Gasteiger partial charge in [-0.1, -0.05) is 15.9 Å². The number of halogens is 2. The SMILES string of the molecule is Cc1cc(F)cc(C(=O)CBr)c1. The summed E-state index contributed by atoms with van der Waals surface area (Å²) < 4.78 is 12.8. The fourth-order valence-electron chi connectivity index (χ4n) is 0.974. The van der Waals surface area contributed by atoms with Gasteiger partial charge >= 0.3 is 0 Å². The monoisotopic (exact) mass is 230 g/mol. The van der Waals surface area contributed by atoms with Crippen LogP contribution in [0.25, 0.3) is 0 Å². The van der Waals surface area contributed by atoms with E-state index in [0.717, 1.165) is 5.56 Å². The summed E-state index contributed by atoms with van der Waals surface area (Å²) in [5.41, 5.74) is 1.18. The van der Waals surface area contributed by atoms with Gasteiger partial charge in [-0.25, -0.2) is 4.39 Å². The van der Waals surface area contributed by atoms with Crippen LogP contribution >= 0.6 is 15.9 Å². The minimum absolute atomic E-state index is 0.0994. The highest BCUT2D eigenvalue weighted by Gasteiger charge is 2.05. The highest BCUT2D eigenvalue weighted by Crippen LogP contribution is 2.09. The molecule has 0 aliphatic carbocycles. The molecule has 1 nitrogen and oxygen atoms in total. The van der Waals surface area contributed by atoms with Crippen LogP contribution in [0.1, 0.15) is 15.9 Å². The van der Waals surface area contributed by atoms with Gasteiger partial charge in [0.2, 0.25) is 0 Å². The Bertz CT molecular complexity index is 289. The van der Waals surface area contributed by atoms with E-state index in [9.17, 15) is 9.18 Å². The molecule has 3 heteroatoms. The zero-order valence-electron chi connectivity index (χ0n) is 6.60. The smallest absolute Gasteiger partial charge is 0.173 e. The van der Waals surface area contributed by atoms with Crippen molar-refractivity contribution in [1.29, 1.82) is 0 Å². The molecule has 0 heterocycles. The molecule has 12 heavy (non-hydrogen) atoms. The number of alkyl halides is 1. The summed E-state index contributed by atoms with van der Waals surface area (Å²) in [7, 11) is 0. The second kappa shape index (κ2) is 3.81. The number of carbonyl (C=O) groups is 1. The van der Waals surface area contributed by atoms with Crippen molar-refractivity contribution in [3.05, 3.63) is 35.1 Å². The molecule has 0 spiro atoms. The maximum absolute atomic E-state index is 12.8. The number of benzene rings is 1. The van der Waals surface area contributed by atoms with Crippen LogP contribution in [0.3, 0.4) is 0 Å². The summed E-state index contributed by atoms with van der Waals surface area (Å²) in [6, 6.07) is 4.31. The lowest BCUT2D eigenvalue weighted by molar-refractivity contribution is 0.102. The first kappa shape index (κ1) is 9.39. The first-order valence-electron chi connectivity index (χ1n) is 3.50. The molecule has 64 valence electrons. The molecule has 1 rings (SSSR count). The summed E-state index contributed by atoms with van der Waals surface area (Å²) >= 11 is 3.03. The minimum atomic E-state index is -0.362.